The molecule has 1 unspecified atom stereocenters. The maximum absolute atomic E-state index is 10.9. The molecule has 1 saturated heterocycles. The molecule has 1 aromatic rings. The van der Waals surface area contributed by atoms with E-state index in [2.05, 4.69) is 4.98 Å². The van der Waals surface area contributed by atoms with Crippen LogP contribution < -0.4 is 9.64 Å². The number of ether oxygens (including phenoxy) is 1. The van der Waals surface area contributed by atoms with E-state index in [1.54, 1.807) is 4.90 Å². The maximum Gasteiger partial charge on any atom is 0.311 e. The lowest BCUT2D eigenvalue weighted by Gasteiger charge is -2.16. The van der Waals surface area contributed by atoms with Gasteiger partial charge in [0.05, 0.1) is 18.1 Å². The molecule has 1 aliphatic heterocycles. The summed E-state index contributed by atoms with van der Waals surface area (Å²) in [6, 6.07) is 2.82. The zero-order valence-corrected chi connectivity index (χ0v) is 9.37. The summed E-state index contributed by atoms with van der Waals surface area (Å²) in [4.78, 5) is 16.2. The number of nitrogens with zero attached hydrogens (tertiary/aromatic N) is 3. The minimum absolute atomic E-state index is 0.0695. The highest BCUT2D eigenvalue weighted by Gasteiger charge is 2.28. The Kier molecular flexibility index (Phi) is 3.10. The number of β-amino-alcohol motifs (C(OH)–C–C–N with tert-alkyl or cyclic N) is 1. The van der Waals surface area contributed by atoms with Gasteiger partial charge >= 0.3 is 5.69 Å². The molecule has 0 amide bonds. The normalized spacial score (nSPS) is 19.4. The summed E-state index contributed by atoms with van der Waals surface area (Å²) in [5.74, 6) is 0.581. The molecule has 0 saturated carbocycles. The van der Waals surface area contributed by atoms with E-state index in [1.165, 1.54) is 19.2 Å². The summed E-state index contributed by atoms with van der Waals surface area (Å²) >= 11 is 0. The van der Waals surface area contributed by atoms with E-state index in [0.717, 1.165) is 0 Å². The maximum atomic E-state index is 10.9. The van der Waals surface area contributed by atoms with Crippen molar-refractivity contribution in [1.82, 2.24) is 4.98 Å². The van der Waals surface area contributed by atoms with Crippen molar-refractivity contribution in [1.29, 1.82) is 0 Å². The highest BCUT2D eigenvalue weighted by atomic mass is 16.6. The van der Waals surface area contributed by atoms with Gasteiger partial charge in [0, 0.05) is 25.2 Å². The average molecular weight is 239 g/mol. The van der Waals surface area contributed by atoms with Gasteiger partial charge in [-0.05, 0) is 6.42 Å². The van der Waals surface area contributed by atoms with Gasteiger partial charge in [-0.25, -0.2) is 0 Å². The Morgan fingerprint density at radius 2 is 2.41 bits per heavy atom. The smallest absolute Gasteiger partial charge is 0.311 e. The summed E-state index contributed by atoms with van der Waals surface area (Å²) < 4.78 is 4.95. The van der Waals surface area contributed by atoms with Gasteiger partial charge in [-0.1, -0.05) is 0 Å². The van der Waals surface area contributed by atoms with Crippen molar-refractivity contribution in [2.45, 2.75) is 12.5 Å². The fraction of sp³-hybridized carbons (Fsp3) is 0.500. The summed E-state index contributed by atoms with van der Waals surface area (Å²) in [7, 11) is 1.46. The van der Waals surface area contributed by atoms with Crippen LogP contribution in [0.4, 0.5) is 11.5 Å². The molecule has 2 rings (SSSR count). The van der Waals surface area contributed by atoms with E-state index in [4.69, 9.17) is 4.74 Å². The van der Waals surface area contributed by atoms with Crippen LogP contribution in [0.5, 0.6) is 5.88 Å². The number of hydrogen-bond acceptors (Lipinski definition) is 6. The molecule has 0 radical (unpaired) electrons. The zero-order chi connectivity index (χ0) is 12.4. The molecule has 1 N–H and O–H groups in total. The van der Waals surface area contributed by atoms with E-state index in [9.17, 15) is 15.2 Å². The lowest BCUT2D eigenvalue weighted by molar-refractivity contribution is -0.384. The third-order valence-electron chi connectivity index (χ3n) is 2.70. The van der Waals surface area contributed by atoms with Crippen LogP contribution in [-0.4, -0.2) is 41.3 Å². The van der Waals surface area contributed by atoms with Crippen LogP contribution in [0.15, 0.2) is 12.1 Å². The van der Waals surface area contributed by atoms with E-state index in [1.807, 2.05) is 0 Å². The van der Waals surface area contributed by atoms with Crippen molar-refractivity contribution in [2.75, 3.05) is 25.1 Å². The lowest BCUT2D eigenvalue weighted by Crippen LogP contribution is -2.23. The SMILES string of the molecule is COc1ccc([N+](=O)[O-])c(N2CCC(O)C2)n1. The van der Waals surface area contributed by atoms with Crippen LogP contribution in [0.2, 0.25) is 0 Å². The first kappa shape index (κ1) is 11.6. The third-order valence-corrected chi connectivity index (χ3v) is 2.70. The Hall–Kier alpha value is -1.89. The molecule has 0 aliphatic carbocycles. The fourth-order valence-corrected chi connectivity index (χ4v) is 1.85. The molecular formula is C10H13N3O4. The number of aliphatic hydroxyl groups excluding tert-OH is 1. The Balaban J connectivity index is 2.38. The van der Waals surface area contributed by atoms with Crippen LogP contribution in [-0.2, 0) is 0 Å². The largest absolute Gasteiger partial charge is 0.481 e. The third kappa shape index (κ3) is 2.28. The fourth-order valence-electron chi connectivity index (χ4n) is 1.85. The monoisotopic (exact) mass is 239 g/mol. The van der Waals surface area contributed by atoms with E-state index in [-0.39, 0.29) is 11.5 Å². The second-order valence-electron chi connectivity index (χ2n) is 3.84. The zero-order valence-electron chi connectivity index (χ0n) is 9.37. The van der Waals surface area contributed by atoms with E-state index < -0.39 is 11.0 Å². The molecule has 0 bridgehead atoms. The van der Waals surface area contributed by atoms with Gasteiger partial charge in [0.25, 0.3) is 0 Å². The number of pyridine rings is 1. The van der Waals surface area contributed by atoms with Gasteiger partial charge in [0.2, 0.25) is 11.7 Å². The molecule has 1 aliphatic rings. The number of hydrogen-bond donors (Lipinski definition) is 1. The van der Waals surface area contributed by atoms with Crippen molar-refractivity contribution >= 4 is 11.5 Å². The minimum Gasteiger partial charge on any atom is -0.481 e. The molecule has 1 aromatic heterocycles. The molecule has 7 nitrogen and oxygen atoms in total. The molecule has 0 aromatic carbocycles. The highest BCUT2D eigenvalue weighted by Crippen LogP contribution is 2.30. The first-order chi connectivity index (χ1) is 8.11. The van der Waals surface area contributed by atoms with E-state index >= 15 is 0 Å². The second-order valence-corrected chi connectivity index (χ2v) is 3.84. The van der Waals surface area contributed by atoms with Crippen LogP contribution in [0.1, 0.15) is 6.42 Å². The number of rotatable bonds is 3. The Labute approximate surface area is 97.8 Å². The van der Waals surface area contributed by atoms with E-state index in [0.29, 0.717) is 25.4 Å². The quantitative estimate of drug-likeness (QED) is 0.612. The van der Waals surface area contributed by atoms with Crippen molar-refractivity contribution in [3.05, 3.63) is 22.2 Å². The number of nitro groups is 1. The molecular weight excluding hydrogens is 226 g/mol. The van der Waals surface area contributed by atoms with Gasteiger partial charge in [-0.15, -0.1) is 0 Å². The van der Waals surface area contributed by atoms with Crippen molar-refractivity contribution in [3.63, 3.8) is 0 Å². The van der Waals surface area contributed by atoms with Gasteiger partial charge in [0.1, 0.15) is 0 Å². The minimum atomic E-state index is -0.480. The number of aromatic nitrogens is 1. The van der Waals surface area contributed by atoms with Crippen LogP contribution in [0.3, 0.4) is 0 Å². The Morgan fingerprint density at radius 3 is 2.94 bits per heavy atom. The first-order valence-electron chi connectivity index (χ1n) is 5.24. The summed E-state index contributed by atoms with van der Waals surface area (Å²) in [6.07, 6.45) is 0.137. The Morgan fingerprint density at radius 1 is 1.65 bits per heavy atom. The Bertz CT molecular complexity index is 438. The van der Waals surface area contributed by atoms with Crippen LogP contribution in [0.25, 0.3) is 0 Å². The van der Waals surface area contributed by atoms with Crippen molar-refractivity contribution < 1.29 is 14.8 Å². The van der Waals surface area contributed by atoms with Crippen molar-refractivity contribution in [2.24, 2.45) is 0 Å². The highest BCUT2D eigenvalue weighted by molar-refractivity contribution is 5.59. The molecule has 92 valence electrons. The molecule has 7 heteroatoms. The topological polar surface area (TPSA) is 88.7 Å². The molecule has 0 spiro atoms. The summed E-state index contributed by atoms with van der Waals surface area (Å²) in [5, 5.41) is 20.3. The van der Waals surface area contributed by atoms with Crippen LogP contribution in [0, 0.1) is 10.1 Å². The van der Waals surface area contributed by atoms with Crippen molar-refractivity contribution in [3.8, 4) is 5.88 Å². The summed E-state index contributed by atoms with van der Waals surface area (Å²) in [5.41, 5.74) is -0.0695. The van der Waals surface area contributed by atoms with Crippen LogP contribution >= 0.6 is 0 Å². The summed E-state index contributed by atoms with van der Waals surface area (Å²) in [6.45, 7) is 0.920. The van der Waals surface area contributed by atoms with Gasteiger partial charge in [-0.2, -0.15) is 4.98 Å². The van der Waals surface area contributed by atoms with Gasteiger partial charge in [-0.3, -0.25) is 10.1 Å². The predicted molar refractivity (Wildman–Crippen MR) is 60.3 cm³/mol. The number of methoxy groups -OCH3 is 1. The average Bonchev–Trinajstić information content (AvgIpc) is 2.75. The predicted octanol–water partition coefficient (Wildman–Crippen LogP) is 0.569. The second kappa shape index (κ2) is 4.54. The van der Waals surface area contributed by atoms with Gasteiger partial charge < -0.3 is 14.7 Å². The molecule has 17 heavy (non-hydrogen) atoms. The van der Waals surface area contributed by atoms with Gasteiger partial charge in [0.15, 0.2) is 0 Å². The lowest BCUT2D eigenvalue weighted by atomic mass is 10.3. The molecule has 2 heterocycles. The first-order valence-corrected chi connectivity index (χ1v) is 5.24. The molecule has 1 fully saturated rings. The number of aliphatic hydroxyl groups is 1. The molecule has 1 atom stereocenters. The number of anilines is 1. The standard InChI is InChI=1S/C10H13N3O4/c1-17-9-3-2-8(13(15)16)10(11-9)12-5-4-7(14)6-12/h2-3,7,14H,4-6H2,1H3.